The second-order valence-corrected chi connectivity index (χ2v) is 9.02. The van der Waals surface area contributed by atoms with Crippen molar-refractivity contribution in [2.45, 2.75) is 18.8 Å². The molecule has 0 aliphatic carbocycles. The van der Waals surface area contributed by atoms with Crippen LogP contribution in [0.15, 0.2) is 79.1 Å². The number of benzene rings is 2. The number of rotatable bonds is 5. The fraction of sp³-hybridized carbons (Fsp3) is 0.296. The van der Waals surface area contributed by atoms with Crippen molar-refractivity contribution in [3.8, 4) is 0 Å². The molecule has 32 heavy (non-hydrogen) atoms. The van der Waals surface area contributed by atoms with Gasteiger partial charge in [0.05, 0.1) is 11.2 Å². The van der Waals surface area contributed by atoms with Gasteiger partial charge in [0.2, 0.25) is 0 Å². The number of para-hydroxylation sites is 1. The fourth-order valence-corrected chi connectivity index (χ4v) is 5.08. The van der Waals surface area contributed by atoms with E-state index in [-0.39, 0.29) is 0 Å². The Morgan fingerprint density at radius 1 is 0.781 bits per heavy atom. The van der Waals surface area contributed by atoms with Crippen molar-refractivity contribution in [3.05, 3.63) is 90.4 Å². The zero-order chi connectivity index (χ0) is 21.3. The van der Waals surface area contributed by atoms with Crippen LogP contribution in [0.25, 0.3) is 10.9 Å². The van der Waals surface area contributed by atoms with Gasteiger partial charge in [-0.25, -0.2) is 9.97 Å². The van der Waals surface area contributed by atoms with Crippen molar-refractivity contribution in [2.75, 3.05) is 36.0 Å². The number of pyridine rings is 1. The lowest BCUT2D eigenvalue weighted by Gasteiger charge is -2.40. The maximum atomic E-state index is 4.85. The Morgan fingerprint density at radius 3 is 2.50 bits per heavy atom. The summed E-state index contributed by atoms with van der Waals surface area (Å²) in [5, 5.41) is 1.18. The molecule has 2 aromatic heterocycles. The Morgan fingerprint density at radius 2 is 1.59 bits per heavy atom. The molecule has 1 atom stereocenters. The Kier molecular flexibility index (Phi) is 4.94. The molecule has 2 aliphatic rings. The minimum Gasteiger partial charge on any atom is -0.355 e. The summed E-state index contributed by atoms with van der Waals surface area (Å²) >= 11 is 0. The second kappa shape index (κ2) is 8.23. The molecule has 4 heterocycles. The van der Waals surface area contributed by atoms with Gasteiger partial charge in [0, 0.05) is 49.9 Å². The fourth-order valence-electron chi connectivity index (χ4n) is 5.08. The second-order valence-electron chi connectivity index (χ2n) is 9.02. The van der Waals surface area contributed by atoms with Gasteiger partial charge in [-0.05, 0) is 42.5 Å². The van der Waals surface area contributed by atoms with Crippen molar-refractivity contribution in [1.82, 2.24) is 15.0 Å². The molecule has 0 spiro atoms. The number of anilines is 2. The highest BCUT2D eigenvalue weighted by Crippen LogP contribution is 2.36. The number of hydrogen-bond donors (Lipinski definition) is 0. The lowest BCUT2D eigenvalue weighted by molar-refractivity contribution is 0.507. The molecule has 0 unspecified atom stereocenters. The monoisotopic (exact) mass is 421 g/mol. The molecule has 0 saturated carbocycles. The zero-order valence-electron chi connectivity index (χ0n) is 18.1. The van der Waals surface area contributed by atoms with Gasteiger partial charge < -0.3 is 9.80 Å². The van der Waals surface area contributed by atoms with E-state index in [2.05, 4.69) is 70.5 Å². The maximum absolute atomic E-state index is 4.85. The predicted molar refractivity (Wildman–Crippen MR) is 129 cm³/mol. The van der Waals surface area contributed by atoms with Gasteiger partial charge in [-0.2, -0.15) is 0 Å². The zero-order valence-corrected chi connectivity index (χ0v) is 18.1. The molecule has 0 bridgehead atoms. The summed E-state index contributed by atoms with van der Waals surface area (Å²) in [6.07, 6.45) is 6.03. The van der Waals surface area contributed by atoms with Crippen LogP contribution in [0.4, 0.5) is 11.6 Å². The van der Waals surface area contributed by atoms with Crippen LogP contribution in [0, 0.1) is 5.92 Å². The van der Waals surface area contributed by atoms with Gasteiger partial charge in [0.15, 0.2) is 5.82 Å². The Labute approximate surface area is 188 Å². The van der Waals surface area contributed by atoms with Crippen molar-refractivity contribution in [3.63, 3.8) is 0 Å². The van der Waals surface area contributed by atoms with Crippen LogP contribution in [0.5, 0.6) is 0 Å². The van der Waals surface area contributed by atoms with E-state index in [0.717, 1.165) is 55.4 Å². The molecule has 2 saturated heterocycles. The van der Waals surface area contributed by atoms with E-state index >= 15 is 0 Å². The van der Waals surface area contributed by atoms with Gasteiger partial charge >= 0.3 is 0 Å². The van der Waals surface area contributed by atoms with E-state index in [1.54, 1.807) is 0 Å². The Hall–Kier alpha value is -3.47. The molecule has 2 fully saturated rings. The summed E-state index contributed by atoms with van der Waals surface area (Å²) in [6, 6.07) is 23.4. The van der Waals surface area contributed by atoms with E-state index in [9.17, 15) is 0 Å². The van der Waals surface area contributed by atoms with Crippen molar-refractivity contribution >= 4 is 22.5 Å². The summed E-state index contributed by atoms with van der Waals surface area (Å²) in [5.74, 6) is 3.21. The summed E-state index contributed by atoms with van der Waals surface area (Å²) in [6.45, 7) is 4.01. The van der Waals surface area contributed by atoms with Crippen LogP contribution >= 0.6 is 0 Å². The number of aromatic nitrogens is 3. The van der Waals surface area contributed by atoms with Gasteiger partial charge in [-0.3, -0.25) is 4.98 Å². The molecule has 160 valence electrons. The molecule has 5 heteroatoms. The van der Waals surface area contributed by atoms with Crippen molar-refractivity contribution < 1.29 is 0 Å². The summed E-state index contributed by atoms with van der Waals surface area (Å²) < 4.78 is 0. The molecule has 4 aromatic rings. The average Bonchev–Trinajstić information content (AvgIpc) is 3.27. The summed E-state index contributed by atoms with van der Waals surface area (Å²) in [7, 11) is 0. The van der Waals surface area contributed by atoms with Crippen molar-refractivity contribution in [1.29, 1.82) is 0 Å². The van der Waals surface area contributed by atoms with E-state index in [0.29, 0.717) is 11.8 Å². The third kappa shape index (κ3) is 3.68. The first kappa shape index (κ1) is 19.2. The van der Waals surface area contributed by atoms with Crippen molar-refractivity contribution in [2.24, 2.45) is 5.92 Å². The first-order chi connectivity index (χ1) is 15.8. The van der Waals surface area contributed by atoms with Crippen LogP contribution in [-0.2, 0) is 6.42 Å². The molecular weight excluding hydrogens is 394 g/mol. The predicted octanol–water partition coefficient (Wildman–Crippen LogP) is 4.70. The first-order valence-electron chi connectivity index (χ1n) is 11.5. The van der Waals surface area contributed by atoms with E-state index < -0.39 is 0 Å². The SMILES string of the molecule is c1ccc(C[C@@H]2CCN(c3nccnc3C3CN(c4ccc5ccccc5n4)C3)C2)cc1. The third-order valence-corrected chi connectivity index (χ3v) is 6.83. The van der Waals surface area contributed by atoms with E-state index in [4.69, 9.17) is 15.0 Å². The summed E-state index contributed by atoms with van der Waals surface area (Å²) in [5.41, 5.74) is 3.62. The minimum absolute atomic E-state index is 0.403. The molecule has 6 rings (SSSR count). The highest BCUT2D eigenvalue weighted by atomic mass is 15.3. The molecule has 2 aliphatic heterocycles. The van der Waals surface area contributed by atoms with Gasteiger partial charge in [-0.15, -0.1) is 0 Å². The standard InChI is InChI=1S/C27H27N5/c1-2-6-20(7-3-1)16-21-12-15-31(17-21)27-26(28-13-14-29-27)23-18-32(19-23)25-11-10-22-8-4-5-9-24(22)30-25/h1-11,13-14,21,23H,12,15-19H2/t21-/m0/s1. The average molecular weight is 422 g/mol. The molecule has 0 amide bonds. The Balaban J connectivity index is 1.14. The van der Waals surface area contributed by atoms with E-state index in [1.807, 2.05) is 18.5 Å². The van der Waals surface area contributed by atoms with Gasteiger partial charge in [0.1, 0.15) is 5.82 Å². The molecule has 0 radical (unpaired) electrons. The highest BCUT2D eigenvalue weighted by molar-refractivity contribution is 5.80. The number of fused-ring (bicyclic) bond motifs is 1. The molecule has 0 N–H and O–H groups in total. The smallest absolute Gasteiger partial charge is 0.150 e. The normalized spacial score (nSPS) is 18.8. The third-order valence-electron chi connectivity index (χ3n) is 6.83. The number of nitrogens with zero attached hydrogens (tertiary/aromatic N) is 5. The minimum atomic E-state index is 0.403. The first-order valence-corrected chi connectivity index (χ1v) is 11.5. The Bertz CT molecular complexity index is 1220. The maximum Gasteiger partial charge on any atom is 0.150 e. The highest BCUT2D eigenvalue weighted by Gasteiger charge is 2.35. The molecule has 5 nitrogen and oxygen atoms in total. The van der Waals surface area contributed by atoms with Gasteiger partial charge in [0.25, 0.3) is 0 Å². The molecule has 2 aromatic carbocycles. The van der Waals surface area contributed by atoms with Gasteiger partial charge in [-0.1, -0.05) is 48.5 Å². The van der Waals surface area contributed by atoms with E-state index in [1.165, 1.54) is 17.4 Å². The van der Waals surface area contributed by atoms with Crippen LogP contribution in [-0.4, -0.2) is 41.1 Å². The molecular formula is C27H27N5. The van der Waals surface area contributed by atoms with Crippen LogP contribution in [0.3, 0.4) is 0 Å². The summed E-state index contributed by atoms with van der Waals surface area (Å²) in [4.78, 5) is 19.2. The lowest BCUT2D eigenvalue weighted by Crippen LogP contribution is -2.46. The quantitative estimate of drug-likeness (QED) is 0.467. The van der Waals surface area contributed by atoms with Crippen LogP contribution in [0.2, 0.25) is 0 Å². The topological polar surface area (TPSA) is 45.2 Å². The lowest BCUT2D eigenvalue weighted by atomic mass is 9.95. The largest absolute Gasteiger partial charge is 0.355 e. The van der Waals surface area contributed by atoms with Crippen LogP contribution in [0.1, 0.15) is 23.6 Å². The number of hydrogen-bond acceptors (Lipinski definition) is 5. The van der Waals surface area contributed by atoms with Crippen LogP contribution < -0.4 is 9.80 Å².